The van der Waals surface area contributed by atoms with Gasteiger partial charge < -0.3 is 10.2 Å². The van der Waals surface area contributed by atoms with Crippen molar-refractivity contribution in [2.75, 3.05) is 19.4 Å². The zero-order valence-corrected chi connectivity index (χ0v) is 16.0. The predicted octanol–water partition coefficient (Wildman–Crippen LogP) is 5.42. The summed E-state index contributed by atoms with van der Waals surface area (Å²) in [4.78, 5) is 26.2. The number of hydrogen-bond acceptors (Lipinski definition) is 3. The van der Waals surface area contributed by atoms with E-state index in [1.807, 2.05) is 6.07 Å². The van der Waals surface area contributed by atoms with Gasteiger partial charge in [0.1, 0.15) is 0 Å². The highest BCUT2D eigenvalue weighted by atomic mass is 35.5. The lowest BCUT2D eigenvalue weighted by Gasteiger charge is -2.12. The van der Waals surface area contributed by atoms with Crippen molar-refractivity contribution >= 4 is 57.9 Å². The number of thioether (sulfide) groups is 1. The van der Waals surface area contributed by atoms with E-state index in [9.17, 15) is 9.59 Å². The zero-order chi connectivity index (χ0) is 18.4. The first-order valence-corrected chi connectivity index (χ1v) is 8.86. The Morgan fingerprint density at radius 3 is 2.56 bits per heavy atom. The van der Waals surface area contributed by atoms with Gasteiger partial charge in [0.15, 0.2) is 0 Å². The molecule has 0 aromatic heterocycles. The van der Waals surface area contributed by atoms with Gasteiger partial charge in [0, 0.05) is 35.1 Å². The van der Waals surface area contributed by atoms with Crippen molar-refractivity contribution in [3.8, 4) is 0 Å². The molecule has 0 atom stereocenters. The molecule has 0 aliphatic rings. The smallest absolute Gasteiger partial charge is 0.286 e. The van der Waals surface area contributed by atoms with Crippen molar-refractivity contribution in [2.24, 2.45) is 0 Å². The Labute approximate surface area is 160 Å². The Bertz CT molecular complexity index is 822. The highest BCUT2D eigenvalue weighted by Crippen LogP contribution is 2.28. The molecule has 25 heavy (non-hydrogen) atoms. The number of hydrogen-bond donors (Lipinski definition) is 1. The lowest BCUT2D eigenvalue weighted by Crippen LogP contribution is -2.16. The lowest BCUT2D eigenvalue weighted by molar-refractivity contribution is -0.111. The number of carbonyl (C=O) groups is 2. The van der Waals surface area contributed by atoms with Crippen LogP contribution >= 0.6 is 35.0 Å². The average Bonchev–Trinajstić information content (AvgIpc) is 2.57. The van der Waals surface area contributed by atoms with Gasteiger partial charge in [0.2, 0.25) is 5.91 Å². The van der Waals surface area contributed by atoms with Gasteiger partial charge in [-0.3, -0.25) is 9.59 Å². The molecule has 2 rings (SSSR count). The maximum atomic E-state index is 12.2. The molecule has 0 aliphatic heterocycles. The van der Waals surface area contributed by atoms with Gasteiger partial charge in [-0.1, -0.05) is 35.3 Å². The summed E-state index contributed by atoms with van der Waals surface area (Å²) in [6, 6.07) is 12.1. The van der Waals surface area contributed by atoms with Crippen LogP contribution in [0.1, 0.15) is 5.56 Å². The number of nitrogens with one attached hydrogen (secondary N) is 1. The average molecular weight is 395 g/mol. The number of anilines is 1. The van der Waals surface area contributed by atoms with E-state index >= 15 is 0 Å². The molecule has 0 saturated heterocycles. The largest absolute Gasteiger partial charge is 0.339 e. The fourth-order valence-corrected chi connectivity index (χ4v) is 2.93. The molecule has 2 aromatic rings. The van der Waals surface area contributed by atoms with Crippen LogP contribution in [0.5, 0.6) is 0 Å². The van der Waals surface area contributed by atoms with Gasteiger partial charge in [0.05, 0.1) is 5.69 Å². The highest BCUT2D eigenvalue weighted by molar-refractivity contribution is 8.13. The van der Waals surface area contributed by atoms with Crippen LogP contribution in [0.4, 0.5) is 10.5 Å². The maximum absolute atomic E-state index is 12.2. The second kappa shape index (κ2) is 8.94. The van der Waals surface area contributed by atoms with Gasteiger partial charge in [0.25, 0.3) is 5.24 Å². The minimum Gasteiger partial charge on any atom is -0.339 e. The topological polar surface area (TPSA) is 49.4 Å². The highest BCUT2D eigenvalue weighted by Gasteiger charge is 2.11. The van der Waals surface area contributed by atoms with Gasteiger partial charge in [-0.05, 0) is 53.7 Å². The third kappa shape index (κ3) is 5.81. The fraction of sp³-hybridized carbons (Fsp3) is 0.111. The van der Waals surface area contributed by atoms with Crippen molar-refractivity contribution in [1.82, 2.24) is 4.90 Å². The Morgan fingerprint density at radius 1 is 1.12 bits per heavy atom. The molecule has 1 N–H and O–H groups in total. The van der Waals surface area contributed by atoms with E-state index in [0.29, 0.717) is 26.2 Å². The number of para-hydroxylation sites is 1. The summed E-state index contributed by atoms with van der Waals surface area (Å²) in [6.45, 7) is 0. The minimum absolute atomic E-state index is 0.122. The van der Waals surface area contributed by atoms with Crippen LogP contribution in [-0.4, -0.2) is 30.1 Å². The first-order valence-electron chi connectivity index (χ1n) is 7.29. The van der Waals surface area contributed by atoms with Crippen LogP contribution in [0.3, 0.4) is 0 Å². The molecule has 0 fully saturated rings. The predicted molar refractivity (Wildman–Crippen MR) is 106 cm³/mol. The van der Waals surface area contributed by atoms with Crippen molar-refractivity contribution in [2.45, 2.75) is 4.90 Å². The molecule has 2 amide bonds. The van der Waals surface area contributed by atoms with Crippen LogP contribution in [0.25, 0.3) is 6.08 Å². The lowest BCUT2D eigenvalue weighted by atomic mass is 10.2. The second-order valence-electron chi connectivity index (χ2n) is 5.25. The van der Waals surface area contributed by atoms with E-state index in [4.69, 9.17) is 23.2 Å². The second-order valence-corrected chi connectivity index (χ2v) is 7.08. The van der Waals surface area contributed by atoms with E-state index in [0.717, 1.165) is 11.8 Å². The first kappa shape index (κ1) is 19.4. The standard InChI is InChI=1S/C18H16Cl2N2O2S/c1-22(2)18(24)25-16-6-4-3-5-15(16)21-17(23)10-7-12-11-13(19)8-9-14(12)20/h3-11H,1-2H3,(H,21,23)/b10-7+. The van der Waals surface area contributed by atoms with Crippen molar-refractivity contribution in [3.05, 3.63) is 64.1 Å². The number of halogens is 2. The Hall–Kier alpha value is -1.95. The molecule has 0 radical (unpaired) electrons. The zero-order valence-electron chi connectivity index (χ0n) is 13.6. The van der Waals surface area contributed by atoms with Crippen LogP contribution in [0.2, 0.25) is 10.0 Å². The van der Waals surface area contributed by atoms with Gasteiger partial charge >= 0.3 is 0 Å². The van der Waals surface area contributed by atoms with Crippen LogP contribution in [0, 0.1) is 0 Å². The van der Waals surface area contributed by atoms with E-state index < -0.39 is 0 Å². The molecule has 7 heteroatoms. The third-order valence-electron chi connectivity index (χ3n) is 3.08. The van der Waals surface area contributed by atoms with Crippen LogP contribution < -0.4 is 5.32 Å². The summed E-state index contributed by atoms with van der Waals surface area (Å²) in [5.74, 6) is -0.332. The molecular weight excluding hydrogens is 379 g/mol. The quantitative estimate of drug-likeness (QED) is 0.556. The summed E-state index contributed by atoms with van der Waals surface area (Å²) >= 11 is 13.0. The van der Waals surface area contributed by atoms with Gasteiger partial charge in [-0.15, -0.1) is 0 Å². The number of benzene rings is 2. The Balaban J connectivity index is 2.11. The van der Waals surface area contributed by atoms with Crippen molar-refractivity contribution in [3.63, 3.8) is 0 Å². The van der Waals surface area contributed by atoms with Crippen molar-refractivity contribution in [1.29, 1.82) is 0 Å². The summed E-state index contributed by atoms with van der Waals surface area (Å²) in [7, 11) is 3.35. The number of amides is 2. The molecule has 4 nitrogen and oxygen atoms in total. The number of rotatable bonds is 4. The summed E-state index contributed by atoms with van der Waals surface area (Å²) < 4.78 is 0. The molecule has 2 aromatic carbocycles. The molecule has 0 unspecified atom stereocenters. The van der Waals surface area contributed by atoms with E-state index in [1.54, 1.807) is 56.6 Å². The molecule has 0 heterocycles. The van der Waals surface area contributed by atoms with E-state index in [2.05, 4.69) is 5.32 Å². The molecule has 0 spiro atoms. The molecular formula is C18H16Cl2N2O2S. The maximum Gasteiger partial charge on any atom is 0.286 e. The van der Waals surface area contributed by atoms with Crippen LogP contribution in [0.15, 0.2) is 53.4 Å². The molecule has 0 bridgehead atoms. The SMILES string of the molecule is CN(C)C(=O)Sc1ccccc1NC(=O)/C=C/c1cc(Cl)ccc1Cl. The normalized spacial score (nSPS) is 10.7. The van der Waals surface area contributed by atoms with E-state index in [-0.39, 0.29) is 11.1 Å². The van der Waals surface area contributed by atoms with Gasteiger partial charge in [-0.25, -0.2) is 0 Å². The first-order chi connectivity index (χ1) is 11.9. The van der Waals surface area contributed by atoms with E-state index in [1.165, 1.54) is 11.0 Å². The number of nitrogens with zero attached hydrogens (tertiary/aromatic N) is 1. The Morgan fingerprint density at radius 2 is 1.84 bits per heavy atom. The number of carbonyl (C=O) groups excluding carboxylic acids is 2. The monoisotopic (exact) mass is 394 g/mol. The van der Waals surface area contributed by atoms with Crippen molar-refractivity contribution < 1.29 is 9.59 Å². The fourth-order valence-electron chi connectivity index (χ4n) is 1.83. The minimum atomic E-state index is -0.332. The summed E-state index contributed by atoms with van der Waals surface area (Å²) in [5.41, 5.74) is 1.21. The third-order valence-corrected chi connectivity index (χ3v) is 4.77. The molecule has 130 valence electrons. The van der Waals surface area contributed by atoms with Gasteiger partial charge in [-0.2, -0.15) is 0 Å². The molecule has 0 aliphatic carbocycles. The summed E-state index contributed by atoms with van der Waals surface area (Å²) in [5, 5.41) is 3.68. The Kier molecular flexibility index (Phi) is 6.93. The molecule has 0 saturated carbocycles. The summed E-state index contributed by atoms with van der Waals surface area (Å²) in [6.07, 6.45) is 2.96. The van der Waals surface area contributed by atoms with Crippen LogP contribution in [-0.2, 0) is 4.79 Å².